The summed E-state index contributed by atoms with van der Waals surface area (Å²) in [6.07, 6.45) is -9.00. The lowest BCUT2D eigenvalue weighted by molar-refractivity contribution is -0.154. The van der Waals surface area contributed by atoms with Crippen LogP contribution >= 0.6 is 7.82 Å². The van der Waals surface area contributed by atoms with Gasteiger partial charge in [-0.05, 0) is 55.5 Å². The minimum atomic E-state index is -4.50. The van der Waals surface area contributed by atoms with Gasteiger partial charge in [-0.1, -0.05) is 0 Å². The molecule has 0 aliphatic rings. The average molecular weight is 474 g/mol. The summed E-state index contributed by atoms with van der Waals surface area (Å²) >= 11 is 0. The summed E-state index contributed by atoms with van der Waals surface area (Å²) < 4.78 is 110. The first-order chi connectivity index (χ1) is 14.4. The van der Waals surface area contributed by atoms with E-state index in [-0.39, 0.29) is 29.6 Å². The van der Waals surface area contributed by atoms with Crippen LogP contribution in [0.5, 0.6) is 23.0 Å². The van der Waals surface area contributed by atoms with Gasteiger partial charge in [0.2, 0.25) is 0 Å². The molecule has 0 amide bonds. The molecule has 172 valence electrons. The van der Waals surface area contributed by atoms with Gasteiger partial charge in [0, 0.05) is 0 Å². The molecular formula is C18H17F6O6P. The van der Waals surface area contributed by atoms with Gasteiger partial charge in [-0.3, -0.25) is 4.52 Å². The Hall–Kier alpha value is -2.59. The van der Waals surface area contributed by atoms with Gasteiger partial charge in [-0.15, -0.1) is 0 Å². The molecule has 0 heterocycles. The number of benzene rings is 2. The maximum Gasteiger partial charge on any atom is 0.587 e. The zero-order valence-electron chi connectivity index (χ0n) is 15.9. The molecule has 31 heavy (non-hydrogen) atoms. The second kappa shape index (κ2) is 10.1. The van der Waals surface area contributed by atoms with Crippen molar-refractivity contribution >= 4 is 7.82 Å². The van der Waals surface area contributed by atoms with E-state index in [4.69, 9.17) is 13.6 Å². The molecule has 0 saturated heterocycles. The van der Waals surface area contributed by atoms with Crippen LogP contribution in [0, 0.1) is 0 Å². The van der Waals surface area contributed by atoms with Crippen LogP contribution in [0.15, 0.2) is 48.5 Å². The van der Waals surface area contributed by atoms with Gasteiger partial charge in [0.15, 0.2) is 13.2 Å². The van der Waals surface area contributed by atoms with Crippen LogP contribution < -0.4 is 18.5 Å². The van der Waals surface area contributed by atoms with Crippen LogP contribution in [-0.4, -0.2) is 32.2 Å². The highest BCUT2D eigenvalue weighted by Crippen LogP contribution is 2.49. The lowest BCUT2D eigenvalue weighted by Gasteiger charge is -2.19. The van der Waals surface area contributed by atoms with E-state index >= 15 is 0 Å². The standard InChI is InChI=1S/C18H17F6O6P/c1-2-28-31(25,29-15-7-3-13(4-8-15)26-11-17(19,20)21)30-16-9-5-14(6-10-16)27-12-18(22,23)24/h3-10H,2,11-12H2,1H3. The maximum atomic E-state index is 12.8. The number of phosphoric acid groups is 1. The Labute approximate surface area is 173 Å². The lowest BCUT2D eigenvalue weighted by Crippen LogP contribution is -2.19. The van der Waals surface area contributed by atoms with E-state index in [9.17, 15) is 30.9 Å². The molecule has 0 fully saturated rings. The predicted octanol–water partition coefficient (Wildman–Crippen LogP) is 6.17. The van der Waals surface area contributed by atoms with E-state index in [2.05, 4.69) is 9.47 Å². The lowest BCUT2D eigenvalue weighted by atomic mass is 10.3. The van der Waals surface area contributed by atoms with Gasteiger partial charge < -0.3 is 18.5 Å². The van der Waals surface area contributed by atoms with Crippen molar-refractivity contribution in [2.24, 2.45) is 0 Å². The van der Waals surface area contributed by atoms with Crippen LogP contribution in [0.2, 0.25) is 0 Å². The molecule has 0 bridgehead atoms. The fourth-order valence-corrected chi connectivity index (χ4v) is 3.23. The molecule has 0 N–H and O–H groups in total. The third-order valence-corrected chi connectivity index (χ3v) is 4.62. The fraction of sp³-hybridized carbons (Fsp3) is 0.333. The van der Waals surface area contributed by atoms with Crippen molar-refractivity contribution in [3.05, 3.63) is 48.5 Å². The number of halogens is 6. The van der Waals surface area contributed by atoms with Crippen LogP contribution in [0.1, 0.15) is 6.92 Å². The SMILES string of the molecule is CCOP(=O)(Oc1ccc(OCC(F)(F)F)cc1)Oc1ccc(OCC(F)(F)F)cc1. The van der Waals surface area contributed by atoms with Gasteiger partial charge in [0.1, 0.15) is 23.0 Å². The van der Waals surface area contributed by atoms with E-state index in [0.29, 0.717) is 0 Å². The first-order valence-corrected chi connectivity index (χ1v) is 10.1. The number of hydrogen-bond donors (Lipinski definition) is 0. The molecule has 0 aliphatic heterocycles. The highest BCUT2D eigenvalue weighted by molar-refractivity contribution is 7.49. The second-order valence-electron chi connectivity index (χ2n) is 5.80. The summed E-state index contributed by atoms with van der Waals surface area (Å²) in [4.78, 5) is 0. The van der Waals surface area contributed by atoms with Gasteiger partial charge in [0.25, 0.3) is 0 Å². The van der Waals surface area contributed by atoms with Crippen molar-refractivity contribution < 1.29 is 54.0 Å². The third kappa shape index (κ3) is 9.39. The highest BCUT2D eigenvalue weighted by atomic mass is 31.2. The van der Waals surface area contributed by atoms with Gasteiger partial charge in [0.05, 0.1) is 6.61 Å². The summed E-state index contributed by atoms with van der Waals surface area (Å²) in [7, 11) is -4.22. The number of rotatable bonds is 10. The Balaban J connectivity index is 2.02. The third-order valence-electron chi connectivity index (χ3n) is 3.17. The van der Waals surface area contributed by atoms with Crippen molar-refractivity contribution in [3.63, 3.8) is 0 Å². The summed E-state index contributed by atoms with van der Waals surface area (Å²) in [6, 6.07) is 9.50. The second-order valence-corrected chi connectivity index (χ2v) is 7.32. The summed E-state index contributed by atoms with van der Waals surface area (Å²) in [5.41, 5.74) is 0. The van der Waals surface area contributed by atoms with E-state index in [0.717, 1.165) is 0 Å². The Morgan fingerprint density at radius 1 is 0.677 bits per heavy atom. The van der Waals surface area contributed by atoms with Gasteiger partial charge >= 0.3 is 20.2 Å². The number of hydrogen-bond acceptors (Lipinski definition) is 6. The Morgan fingerprint density at radius 2 is 1.00 bits per heavy atom. The molecule has 0 spiro atoms. The monoisotopic (exact) mass is 474 g/mol. The Morgan fingerprint density at radius 3 is 1.29 bits per heavy atom. The number of ether oxygens (including phenoxy) is 2. The van der Waals surface area contributed by atoms with E-state index in [1.807, 2.05) is 0 Å². The van der Waals surface area contributed by atoms with Crippen LogP contribution in [0.3, 0.4) is 0 Å². The highest BCUT2D eigenvalue weighted by Gasteiger charge is 2.31. The molecule has 2 aromatic rings. The largest absolute Gasteiger partial charge is 0.587 e. The molecule has 0 unspecified atom stereocenters. The molecule has 2 aromatic carbocycles. The summed E-state index contributed by atoms with van der Waals surface area (Å²) in [6.45, 7) is -1.51. The zero-order chi connectivity index (χ0) is 23.1. The molecule has 0 saturated carbocycles. The van der Waals surface area contributed by atoms with E-state index < -0.39 is 33.4 Å². The van der Waals surface area contributed by atoms with Crippen molar-refractivity contribution in [3.8, 4) is 23.0 Å². The van der Waals surface area contributed by atoms with Crippen molar-refractivity contribution in [1.82, 2.24) is 0 Å². The molecule has 0 radical (unpaired) electrons. The van der Waals surface area contributed by atoms with E-state index in [1.54, 1.807) is 0 Å². The van der Waals surface area contributed by atoms with Crippen molar-refractivity contribution in [1.29, 1.82) is 0 Å². The van der Waals surface area contributed by atoms with Crippen molar-refractivity contribution in [2.75, 3.05) is 19.8 Å². The average Bonchev–Trinajstić information content (AvgIpc) is 2.66. The van der Waals surface area contributed by atoms with Crippen LogP contribution in [-0.2, 0) is 9.09 Å². The van der Waals surface area contributed by atoms with E-state index in [1.165, 1.54) is 55.5 Å². The normalized spacial score (nSPS) is 12.4. The predicted molar refractivity (Wildman–Crippen MR) is 96.5 cm³/mol. The van der Waals surface area contributed by atoms with Gasteiger partial charge in [-0.2, -0.15) is 26.3 Å². The smallest absolute Gasteiger partial charge is 0.484 e. The summed E-state index contributed by atoms with van der Waals surface area (Å²) in [5.74, 6) is -0.264. The topological polar surface area (TPSA) is 63.2 Å². The number of phosphoric ester groups is 1. The first-order valence-electron chi connectivity index (χ1n) is 8.60. The summed E-state index contributed by atoms with van der Waals surface area (Å²) in [5, 5.41) is 0. The Bertz CT molecular complexity index is 800. The van der Waals surface area contributed by atoms with Crippen molar-refractivity contribution in [2.45, 2.75) is 19.3 Å². The van der Waals surface area contributed by atoms with Crippen LogP contribution in [0.4, 0.5) is 26.3 Å². The fourth-order valence-electron chi connectivity index (χ4n) is 2.01. The quantitative estimate of drug-likeness (QED) is 0.303. The molecule has 13 heteroatoms. The Kier molecular flexibility index (Phi) is 8.08. The molecule has 2 rings (SSSR count). The molecular weight excluding hydrogens is 457 g/mol. The van der Waals surface area contributed by atoms with Crippen LogP contribution in [0.25, 0.3) is 0 Å². The molecule has 6 nitrogen and oxygen atoms in total. The minimum absolute atomic E-state index is 0.0405. The van der Waals surface area contributed by atoms with Gasteiger partial charge in [-0.25, -0.2) is 4.57 Å². The zero-order valence-corrected chi connectivity index (χ0v) is 16.8. The molecule has 0 atom stereocenters. The number of alkyl halides is 6. The first kappa shape index (κ1) is 24.7. The molecule has 0 aromatic heterocycles. The maximum absolute atomic E-state index is 12.8. The minimum Gasteiger partial charge on any atom is -0.484 e. The molecule has 0 aliphatic carbocycles.